The van der Waals surface area contributed by atoms with Crippen LogP contribution in [0.1, 0.15) is 48.4 Å². The first kappa shape index (κ1) is 22.4. The number of carbonyl (C=O) groups is 1. The molecule has 0 radical (unpaired) electrons. The van der Waals surface area contributed by atoms with Gasteiger partial charge in [0.25, 0.3) is 5.91 Å². The summed E-state index contributed by atoms with van der Waals surface area (Å²) in [7, 11) is 0. The Morgan fingerprint density at radius 3 is 2.85 bits per heavy atom. The third-order valence-electron chi connectivity index (χ3n) is 5.51. The number of benzene rings is 1. The van der Waals surface area contributed by atoms with E-state index >= 15 is 0 Å². The summed E-state index contributed by atoms with van der Waals surface area (Å²) in [4.78, 5) is 15.2. The molecule has 0 spiro atoms. The van der Waals surface area contributed by atoms with Gasteiger partial charge in [0.05, 0.1) is 18.5 Å². The van der Waals surface area contributed by atoms with Gasteiger partial charge in [-0.05, 0) is 61.2 Å². The van der Waals surface area contributed by atoms with E-state index in [1.54, 1.807) is 0 Å². The fourth-order valence-electron chi connectivity index (χ4n) is 3.65. The van der Waals surface area contributed by atoms with E-state index in [0.717, 1.165) is 31.5 Å². The summed E-state index contributed by atoms with van der Waals surface area (Å²) in [6.45, 7) is 6.94. The molecule has 1 amide bonds. The molecule has 0 bridgehead atoms. The summed E-state index contributed by atoms with van der Waals surface area (Å²) in [6, 6.07) is 7.43. The van der Waals surface area contributed by atoms with Gasteiger partial charge < -0.3 is 10.5 Å². The molecule has 12 heteroatoms. The Labute approximate surface area is 190 Å². The Hall–Kier alpha value is -3.80. The zero-order chi connectivity index (χ0) is 23.2. The van der Waals surface area contributed by atoms with E-state index in [9.17, 15) is 4.79 Å². The van der Waals surface area contributed by atoms with Crippen LogP contribution in [0.2, 0.25) is 0 Å². The molecule has 12 nitrogen and oxygen atoms in total. The van der Waals surface area contributed by atoms with Gasteiger partial charge in [0.2, 0.25) is 11.6 Å². The molecule has 0 aliphatic carbocycles. The number of nitrogens with two attached hydrogens (primary N) is 1. The normalized spacial score (nSPS) is 15.2. The van der Waals surface area contributed by atoms with Crippen LogP contribution in [-0.4, -0.2) is 62.0 Å². The Morgan fingerprint density at radius 1 is 1.33 bits per heavy atom. The van der Waals surface area contributed by atoms with Crippen LogP contribution in [0, 0.1) is 5.92 Å². The number of aromatic nitrogens is 5. The number of para-hydroxylation sites is 1. The molecule has 33 heavy (non-hydrogen) atoms. The van der Waals surface area contributed by atoms with Gasteiger partial charge in [-0.2, -0.15) is 9.78 Å². The number of hydrazone groups is 1. The molecule has 1 aliphatic rings. The van der Waals surface area contributed by atoms with E-state index in [-0.39, 0.29) is 17.3 Å². The lowest BCUT2D eigenvalue weighted by atomic mass is 9.99. The molecule has 2 aromatic heterocycles. The van der Waals surface area contributed by atoms with Crippen LogP contribution in [0.25, 0.3) is 5.82 Å². The second kappa shape index (κ2) is 10.2. The zero-order valence-corrected chi connectivity index (χ0v) is 18.6. The van der Waals surface area contributed by atoms with Crippen LogP contribution < -0.4 is 15.9 Å². The van der Waals surface area contributed by atoms with E-state index in [0.29, 0.717) is 30.5 Å². The molecule has 1 aromatic carbocycles. The van der Waals surface area contributed by atoms with Crippen LogP contribution in [0.4, 0.5) is 5.82 Å². The SMILES string of the molecule is CCOc1ccccc1/C=N\NC(=O)c1nnn(-c2nonc2N)c1CN1CCC(C)CC1. The number of carbonyl (C=O) groups excluding carboxylic acids is 1. The Bertz CT molecular complexity index is 1120. The molecule has 0 unspecified atom stereocenters. The van der Waals surface area contributed by atoms with Crippen LogP contribution in [0.15, 0.2) is 34.0 Å². The van der Waals surface area contributed by atoms with E-state index in [1.165, 1.54) is 10.9 Å². The Balaban J connectivity index is 1.55. The van der Waals surface area contributed by atoms with E-state index < -0.39 is 5.91 Å². The van der Waals surface area contributed by atoms with Crippen molar-refractivity contribution >= 4 is 17.9 Å². The van der Waals surface area contributed by atoms with Crippen LogP contribution >= 0.6 is 0 Å². The lowest BCUT2D eigenvalue weighted by molar-refractivity contribution is 0.0946. The number of piperidine rings is 1. The molecule has 3 N–H and O–H groups in total. The lowest BCUT2D eigenvalue weighted by Crippen LogP contribution is -2.34. The summed E-state index contributed by atoms with van der Waals surface area (Å²) in [6.07, 6.45) is 3.69. The highest BCUT2D eigenvalue weighted by atomic mass is 16.6. The third kappa shape index (κ3) is 5.17. The first-order valence-electron chi connectivity index (χ1n) is 10.9. The van der Waals surface area contributed by atoms with Crippen molar-refractivity contribution in [1.29, 1.82) is 0 Å². The molecule has 3 aromatic rings. The van der Waals surface area contributed by atoms with Crippen molar-refractivity contribution in [3.05, 3.63) is 41.2 Å². The molecule has 4 rings (SSSR count). The van der Waals surface area contributed by atoms with Gasteiger partial charge in [-0.3, -0.25) is 9.69 Å². The summed E-state index contributed by atoms with van der Waals surface area (Å²) < 4.78 is 11.7. The van der Waals surface area contributed by atoms with E-state index in [1.807, 2.05) is 31.2 Å². The maximum absolute atomic E-state index is 12.9. The third-order valence-corrected chi connectivity index (χ3v) is 5.51. The van der Waals surface area contributed by atoms with Gasteiger partial charge in [-0.1, -0.05) is 24.3 Å². The molecule has 174 valence electrons. The second-order valence-electron chi connectivity index (χ2n) is 7.90. The van der Waals surface area contributed by atoms with Gasteiger partial charge in [0, 0.05) is 12.1 Å². The average Bonchev–Trinajstić information content (AvgIpc) is 3.42. The topological polar surface area (TPSA) is 150 Å². The van der Waals surface area contributed by atoms with Crippen LogP contribution in [-0.2, 0) is 6.54 Å². The van der Waals surface area contributed by atoms with Crippen molar-refractivity contribution in [3.8, 4) is 11.6 Å². The summed E-state index contributed by atoms with van der Waals surface area (Å²) in [5.74, 6) is 1.11. The Kier molecular flexibility index (Phi) is 6.93. The van der Waals surface area contributed by atoms with E-state index in [2.05, 4.69) is 43.0 Å². The maximum Gasteiger partial charge on any atom is 0.293 e. The molecule has 1 saturated heterocycles. The molecule has 3 heterocycles. The molecule has 0 saturated carbocycles. The molecule has 1 aliphatic heterocycles. The minimum atomic E-state index is -0.498. The van der Waals surface area contributed by atoms with Crippen molar-refractivity contribution in [2.75, 3.05) is 25.4 Å². The number of anilines is 1. The minimum absolute atomic E-state index is 0.0610. The number of rotatable bonds is 8. The monoisotopic (exact) mass is 453 g/mol. The zero-order valence-electron chi connectivity index (χ0n) is 18.6. The number of hydrogen-bond acceptors (Lipinski definition) is 10. The first-order valence-corrected chi connectivity index (χ1v) is 10.9. The Morgan fingerprint density at radius 2 is 2.12 bits per heavy atom. The quantitative estimate of drug-likeness (QED) is 0.383. The molecular formula is C21H27N9O3. The number of amides is 1. The fourth-order valence-corrected chi connectivity index (χ4v) is 3.65. The summed E-state index contributed by atoms with van der Waals surface area (Å²) >= 11 is 0. The first-order chi connectivity index (χ1) is 16.1. The van der Waals surface area contributed by atoms with Crippen molar-refractivity contribution < 1.29 is 14.2 Å². The molecular weight excluding hydrogens is 426 g/mol. The smallest absolute Gasteiger partial charge is 0.293 e. The average molecular weight is 454 g/mol. The standard InChI is InChI=1S/C21H27N9O3/c1-3-32-17-7-5-4-6-15(17)12-23-25-21(31)18-16(13-29-10-8-14(2)9-11-29)30(28-24-18)20-19(22)26-33-27-20/h4-7,12,14H,3,8-11,13H2,1-2H3,(H2,22,26)(H,25,31)/b23-12-. The number of likely N-dealkylation sites (tertiary alicyclic amines) is 1. The van der Waals surface area contributed by atoms with Gasteiger partial charge in [-0.15, -0.1) is 5.10 Å². The highest BCUT2D eigenvalue weighted by Crippen LogP contribution is 2.22. The van der Waals surface area contributed by atoms with E-state index in [4.69, 9.17) is 15.1 Å². The second-order valence-corrected chi connectivity index (χ2v) is 7.90. The lowest BCUT2D eigenvalue weighted by Gasteiger charge is -2.30. The van der Waals surface area contributed by atoms with Crippen molar-refractivity contribution in [1.82, 2.24) is 35.6 Å². The predicted molar refractivity (Wildman–Crippen MR) is 120 cm³/mol. The van der Waals surface area contributed by atoms with Crippen LogP contribution in [0.5, 0.6) is 5.75 Å². The number of ether oxygens (including phenoxy) is 1. The number of nitrogens with one attached hydrogen (secondary N) is 1. The van der Waals surface area contributed by atoms with Gasteiger partial charge >= 0.3 is 0 Å². The summed E-state index contributed by atoms with van der Waals surface area (Å²) in [5.41, 5.74) is 9.79. The number of nitrogen functional groups attached to an aromatic ring is 1. The molecule has 0 atom stereocenters. The van der Waals surface area contributed by atoms with Crippen molar-refractivity contribution in [2.24, 2.45) is 11.0 Å². The van der Waals surface area contributed by atoms with Crippen LogP contribution in [0.3, 0.4) is 0 Å². The van der Waals surface area contributed by atoms with Gasteiger partial charge in [0.1, 0.15) is 5.75 Å². The number of hydrogen-bond donors (Lipinski definition) is 2. The largest absolute Gasteiger partial charge is 0.493 e. The highest BCUT2D eigenvalue weighted by molar-refractivity contribution is 5.94. The van der Waals surface area contributed by atoms with Gasteiger partial charge in [0.15, 0.2) is 5.69 Å². The summed E-state index contributed by atoms with van der Waals surface area (Å²) in [5, 5.41) is 19.7. The van der Waals surface area contributed by atoms with Crippen molar-refractivity contribution in [2.45, 2.75) is 33.2 Å². The predicted octanol–water partition coefficient (Wildman–Crippen LogP) is 1.63. The fraction of sp³-hybridized carbons (Fsp3) is 0.429. The maximum atomic E-state index is 12.9. The van der Waals surface area contributed by atoms with Gasteiger partial charge in [-0.25, -0.2) is 10.1 Å². The minimum Gasteiger partial charge on any atom is -0.493 e. The number of nitrogens with zero attached hydrogens (tertiary/aromatic N) is 7. The van der Waals surface area contributed by atoms with Crippen molar-refractivity contribution in [3.63, 3.8) is 0 Å². The highest BCUT2D eigenvalue weighted by Gasteiger charge is 2.26. The molecule has 1 fully saturated rings.